The molecule has 0 amide bonds. The van der Waals surface area contributed by atoms with Gasteiger partial charge in [-0.25, -0.2) is 9.79 Å². The standard InChI is InChI=1S/C26H17Cl2N3O6S/c1-13-22(25(33)36-2)23(14-3-6-16(27)7-4-14)30-24(32)21(38-26(30)29-13)12-17-8-10-20(37-17)15-5-9-18(28)19(11-15)31(34)35/h3-12,23H,1-2H3/b21-12-/t23-/m1/s1. The molecule has 0 radical (unpaired) electrons. The molecule has 0 aliphatic carbocycles. The van der Waals surface area contributed by atoms with Gasteiger partial charge >= 0.3 is 5.97 Å². The molecule has 0 spiro atoms. The van der Waals surface area contributed by atoms with Gasteiger partial charge in [0.25, 0.3) is 11.2 Å². The third-order valence-electron chi connectivity index (χ3n) is 5.94. The van der Waals surface area contributed by atoms with Crippen LogP contribution in [0, 0.1) is 10.1 Å². The summed E-state index contributed by atoms with van der Waals surface area (Å²) in [5.74, 6) is 0.134. The van der Waals surface area contributed by atoms with E-state index in [4.69, 9.17) is 32.4 Å². The first-order valence-electron chi connectivity index (χ1n) is 11.1. The van der Waals surface area contributed by atoms with Gasteiger partial charge in [-0.3, -0.25) is 19.5 Å². The molecule has 0 unspecified atom stereocenters. The van der Waals surface area contributed by atoms with Crippen molar-refractivity contribution in [1.82, 2.24) is 4.57 Å². The zero-order valence-electron chi connectivity index (χ0n) is 19.8. The molecule has 4 aromatic rings. The first-order valence-corrected chi connectivity index (χ1v) is 12.7. The topological polar surface area (TPSA) is 117 Å². The quantitative estimate of drug-likeness (QED) is 0.192. The zero-order chi connectivity index (χ0) is 27.1. The number of hydrogen-bond acceptors (Lipinski definition) is 8. The van der Waals surface area contributed by atoms with Crippen LogP contribution in [-0.4, -0.2) is 22.6 Å². The average molecular weight is 570 g/mol. The maximum absolute atomic E-state index is 13.6. The Labute approximate surface area is 228 Å². The van der Waals surface area contributed by atoms with E-state index in [0.717, 1.165) is 11.3 Å². The summed E-state index contributed by atoms with van der Waals surface area (Å²) in [6.45, 7) is 1.69. The fourth-order valence-electron chi connectivity index (χ4n) is 4.17. The van der Waals surface area contributed by atoms with Crippen molar-refractivity contribution in [2.45, 2.75) is 13.0 Å². The second-order valence-corrected chi connectivity index (χ2v) is 10.1. The molecule has 0 N–H and O–H groups in total. The van der Waals surface area contributed by atoms with Crippen LogP contribution in [0.3, 0.4) is 0 Å². The van der Waals surface area contributed by atoms with Crippen LogP contribution in [0.15, 0.2) is 80.1 Å². The number of rotatable bonds is 5. The average Bonchev–Trinajstić information content (AvgIpc) is 3.48. The largest absolute Gasteiger partial charge is 0.466 e. The van der Waals surface area contributed by atoms with Crippen molar-refractivity contribution < 1.29 is 18.9 Å². The van der Waals surface area contributed by atoms with Gasteiger partial charge < -0.3 is 9.15 Å². The number of allylic oxidation sites excluding steroid dienone is 1. The van der Waals surface area contributed by atoms with Crippen LogP contribution >= 0.6 is 34.5 Å². The van der Waals surface area contributed by atoms with Gasteiger partial charge in [-0.2, -0.15) is 0 Å². The van der Waals surface area contributed by atoms with Crippen molar-refractivity contribution in [2.75, 3.05) is 7.11 Å². The second-order valence-electron chi connectivity index (χ2n) is 8.25. The van der Waals surface area contributed by atoms with E-state index in [2.05, 4.69) is 4.99 Å². The Bertz CT molecular complexity index is 1820. The van der Waals surface area contributed by atoms with Crippen molar-refractivity contribution in [3.63, 3.8) is 0 Å². The number of nitro benzene ring substituents is 1. The molecular weight excluding hydrogens is 553 g/mol. The van der Waals surface area contributed by atoms with Gasteiger partial charge in [0.15, 0.2) is 4.80 Å². The van der Waals surface area contributed by atoms with Gasteiger partial charge in [-0.05, 0) is 48.9 Å². The van der Waals surface area contributed by atoms with Crippen LogP contribution in [-0.2, 0) is 9.53 Å². The Hall–Kier alpha value is -3.99. The summed E-state index contributed by atoms with van der Waals surface area (Å²) in [4.78, 5) is 41.9. The smallest absolute Gasteiger partial charge is 0.338 e. The molecule has 12 heteroatoms. The summed E-state index contributed by atoms with van der Waals surface area (Å²) >= 11 is 13.1. The molecule has 0 saturated heterocycles. The normalized spacial score (nSPS) is 15.3. The maximum atomic E-state index is 13.6. The number of carbonyl (C=O) groups is 1. The molecule has 0 saturated carbocycles. The molecule has 1 atom stereocenters. The minimum atomic E-state index is -0.764. The lowest BCUT2D eigenvalue weighted by Gasteiger charge is -2.24. The number of thiazole rings is 1. The van der Waals surface area contributed by atoms with Crippen LogP contribution in [0.2, 0.25) is 10.0 Å². The first-order chi connectivity index (χ1) is 18.2. The number of methoxy groups -OCH3 is 1. The van der Waals surface area contributed by atoms with Crippen LogP contribution in [0.25, 0.3) is 17.4 Å². The minimum absolute atomic E-state index is 0.0171. The highest BCUT2D eigenvalue weighted by Gasteiger charge is 2.33. The molecule has 1 aliphatic heterocycles. The Morgan fingerprint density at radius 1 is 1.18 bits per heavy atom. The molecule has 192 valence electrons. The third-order valence-corrected chi connectivity index (χ3v) is 7.49. The summed E-state index contributed by atoms with van der Waals surface area (Å²) in [5, 5.41) is 11.8. The van der Waals surface area contributed by atoms with Gasteiger partial charge in [0, 0.05) is 22.7 Å². The van der Waals surface area contributed by atoms with Crippen molar-refractivity contribution in [1.29, 1.82) is 0 Å². The summed E-state index contributed by atoms with van der Waals surface area (Å²) in [7, 11) is 1.27. The van der Waals surface area contributed by atoms with Crippen molar-refractivity contribution in [3.05, 3.63) is 117 Å². The van der Waals surface area contributed by atoms with Crippen molar-refractivity contribution >= 4 is 52.3 Å². The van der Waals surface area contributed by atoms with E-state index in [0.29, 0.717) is 42.7 Å². The molecule has 5 rings (SSSR count). The predicted octanol–water partition coefficient (Wildman–Crippen LogP) is 4.88. The number of nitrogens with zero attached hydrogens (tertiary/aromatic N) is 3. The van der Waals surface area contributed by atoms with E-state index in [-0.39, 0.29) is 21.8 Å². The summed E-state index contributed by atoms with van der Waals surface area (Å²) < 4.78 is 12.6. The monoisotopic (exact) mass is 569 g/mol. The number of benzene rings is 2. The number of carbonyl (C=O) groups excluding carboxylic acids is 1. The van der Waals surface area contributed by atoms with Crippen LogP contribution in [0.4, 0.5) is 5.69 Å². The fourth-order valence-corrected chi connectivity index (χ4v) is 5.51. The zero-order valence-corrected chi connectivity index (χ0v) is 22.1. The van der Waals surface area contributed by atoms with E-state index in [1.165, 1.54) is 23.8 Å². The summed E-state index contributed by atoms with van der Waals surface area (Å²) in [6.07, 6.45) is 1.56. The van der Waals surface area contributed by atoms with Gasteiger partial charge in [-0.15, -0.1) is 0 Å². The van der Waals surface area contributed by atoms with Gasteiger partial charge in [-0.1, -0.05) is 46.7 Å². The number of nitro groups is 1. The Kier molecular flexibility index (Phi) is 6.78. The minimum Gasteiger partial charge on any atom is -0.466 e. The van der Waals surface area contributed by atoms with Crippen molar-refractivity contribution in [3.8, 4) is 11.3 Å². The Balaban J connectivity index is 1.62. The SMILES string of the molecule is COC(=O)C1=C(C)N=c2s/c(=C\c3ccc(-c4ccc(Cl)c([N+](=O)[O-])c4)o3)c(=O)n2[C@@H]1c1ccc(Cl)cc1. The number of furan rings is 1. The Morgan fingerprint density at radius 3 is 2.61 bits per heavy atom. The number of hydrogen-bond donors (Lipinski definition) is 0. The lowest BCUT2D eigenvalue weighted by atomic mass is 9.96. The number of ether oxygens (including phenoxy) is 1. The molecule has 1 aliphatic rings. The fraction of sp³-hybridized carbons (Fsp3) is 0.115. The van der Waals surface area contributed by atoms with E-state index in [9.17, 15) is 19.7 Å². The molecule has 38 heavy (non-hydrogen) atoms. The van der Waals surface area contributed by atoms with Crippen LogP contribution in [0.5, 0.6) is 0 Å². The predicted molar refractivity (Wildman–Crippen MR) is 143 cm³/mol. The molecule has 9 nitrogen and oxygen atoms in total. The highest BCUT2D eigenvalue weighted by Crippen LogP contribution is 2.32. The molecule has 3 heterocycles. The highest BCUT2D eigenvalue weighted by atomic mass is 35.5. The lowest BCUT2D eigenvalue weighted by molar-refractivity contribution is -0.384. The Morgan fingerprint density at radius 2 is 1.92 bits per heavy atom. The molecular formula is C26H17Cl2N3O6S. The second kappa shape index (κ2) is 10.1. The summed E-state index contributed by atoms with van der Waals surface area (Å²) in [5.41, 5.74) is 1.20. The maximum Gasteiger partial charge on any atom is 0.338 e. The van der Waals surface area contributed by atoms with Gasteiger partial charge in [0.2, 0.25) is 0 Å². The van der Waals surface area contributed by atoms with Gasteiger partial charge in [0.05, 0.1) is 33.9 Å². The number of fused-ring (bicyclic) bond motifs is 1. The van der Waals surface area contributed by atoms with Gasteiger partial charge in [0.1, 0.15) is 16.5 Å². The molecule has 2 aromatic heterocycles. The molecule has 2 aromatic carbocycles. The van der Waals surface area contributed by atoms with E-state index in [1.807, 2.05) is 0 Å². The van der Waals surface area contributed by atoms with E-state index in [1.54, 1.807) is 55.5 Å². The lowest BCUT2D eigenvalue weighted by Crippen LogP contribution is -2.39. The first kappa shape index (κ1) is 25.7. The number of aromatic nitrogens is 1. The molecule has 0 bridgehead atoms. The molecule has 0 fully saturated rings. The highest BCUT2D eigenvalue weighted by molar-refractivity contribution is 7.07. The van der Waals surface area contributed by atoms with E-state index >= 15 is 0 Å². The van der Waals surface area contributed by atoms with Crippen molar-refractivity contribution in [2.24, 2.45) is 4.99 Å². The third kappa shape index (κ3) is 4.58. The van der Waals surface area contributed by atoms with Crippen LogP contribution in [0.1, 0.15) is 24.3 Å². The van der Waals surface area contributed by atoms with Crippen LogP contribution < -0.4 is 14.9 Å². The summed E-state index contributed by atoms with van der Waals surface area (Å²) in [6, 6.07) is 13.7. The van der Waals surface area contributed by atoms with E-state index < -0.39 is 16.9 Å². The number of halogens is 2. The number of esters is 1.